The van der Waals surface area contributed by atoms with Gasteiger partial charge in [0.25, 0.3) is 0 Å². The van der Waals surface area contributed by atoms with Gasteiger partial charge >= 0.3 is 0 Å². The van der Waals surface area contributed by atoms with Gasteiger partial charge in [-0.25, -0.2) is 9.88 Å². The van der Waals surface area contributed by atoms with Crippen molar-refractivity contribution in [2.75, 3.05) is 9.91 Å². The predicted octanol–water partition coefficient (Wildman–Crippen LogP) is 7.55. The second-order valence-corrected chi connectivity index (χ2v) is 10.6. The minimum absolute atomic E-state index is 0.0875. The fourth-order valence-electron chi connectivity index (χ4n) is 4.18. The smallest absolute Gasteiger partial charge is 0.197 e. The highest BCUT2D eigenvalue weighted by molar-refractivity contribution is 8.16. The summed E-state index contributed by atoms with van der Waals surface area (Å²) in [5.74, 6) is 0.792. The molecule has 4 aromatic rings. The number of rotatable bonds is 4. The van der Waals surface area contributed by atoms with E-state index >= 15 is 0 Å². The average Bonchev–Trinajstić information content (AvgIpc) is 3.54. The Balaban J connectivity index is 1.41. The molecule has 0 bridgehead atoms. The first kappa shape index (κ1) is 21.7. The van der Waals surface area contributed by atoms with Gasteiger partial charge in [-0.15, -0.1) is 11.3 Å². The zero-order valence-electron chi connectivity index (χ0n) is 17.6. The van der Waals surface area contributed by atoms with Crippen LogP contribution in [-0.4, -0.2) is 21.2 Å². The monoisotopic (exact) mass is 521 g/mol. The van der Waals surface area contributed by atoms with Gasteiger partial charge in [0.2, 0.25) is 0 Å². The summed E-state index contributed by atoms with van der Waals surface area (Å²) in [6, 6.07) is 25.4. The van der Waals surface area contributed by atoms with Crippen LogP contribution in [-0.2, 0) is 0 Å². The zero-order chi connectivity index (χ0) is 23.2. The molecule has 0 aliphatic carbocycles. The summed E-state index contributed by atoms with van der Waals surface area (Å²) in [7, 11) is 0. The van der Waals surface area contributed by atoms with E-state index in [0.717, 1.165) is 33.5 Å². The SMILES string of the molecule is N=C1SC2C(=NN(c3ccccc3)C2c2ccccc2Cl)N1c1nc(-c2ccc(Cl)cc2)cs1. The number of thioether (sulfide) groups is 1. The Labute approximate surface area is 215 Å². The lowest BCUT2D eigenvalue weighted by Crippen LogP contribution is -2.31. The van der Waals surface area contributed by atoms with Crippen molar-refractivity contribution in [3.05, 3.63) is 99.9 Å². The Kier molecular flexibility index (Phi) is 5.57. The van der Waals surface area contributed by atoms with Crippen molar-refractivity contribution in [1.29, 1.82) is 5.41 Å². The molecule has 1 fully saturated rings. The third-order valence-corrected chi connectivity index (χ3v) is 8.30. The van der Waals surface area contributed by atoms with Crippen molar-refractivity contribution in [3.8, 4) is 11.3 Å². The molecule has 5 nitrogen and oxygen atoms in total. The molecule has 1 aromatic heterocycles. The van der Waals surface area contributed by atoms with E-state index in [1.54, 1.807) is 0 Å². The Morgan fingerprint density at radius 2 is 1.62 bits per heavy atom. The molecule has 6 rings (SSSR count). The second-order valence-electron chi connectivity index (χ2n) is 7.81. The molecule has 1 saturated heterocycles. The van der Waals surface area contributed by atoms with Crippen molar-refractivity contribution in [2.45, 2.75) is 11.3 Å². The van der Waals surface area contributed by atoms with E-state index in [4.69, 9.17) is 38.7 Å². The molecule has 0 amide bonds. The second kappa shape index (κ2) is 8.74. The number of anilines is 2. The molecule has 2 aliphatic heterocycles. The summed E-state index contributed by atoms with van der Waals surface area (Å²) in [6.07, 6.45) is 0. The third-order valence-electron chi connectivity index (χ3n) is 5.75. The highest BCUT2D eigenvalue weighted by Gasteiger charge is 2.50. The molecule has 0 spiro atoms. The number of halogens is 2. The van der Waals surface area contributed by atoms with Crippen molar-refractivity contribution in [1.82, 2.24) is 4.98 Å². The van der Waals surface area contributed by atoms with Crippen LogP contribution in [0.2, 0.25) is 10.0 Å². The fourth-order valence-corrected chi connectivity index (χ4v) is 6.63. The summed E-state index contributed by atoms with van der Waals surface area (Å²) in [5, 5.41) is 20.2. The van der Waals surface area contributed by atoms with E-state index in [0.29, 0.717) is 15.2 Å². The largest absolute Gasteiger partial charge is 0.278 e. The summed E-state index contributed by atoms with van der Waals surface area (Å²) in [5.41, 5.74) is 3.79. The molecule has 34 heavy (non-hydrogen) atoms. The maximum atomic E-state index is 8.77. The Hall–Kier alpha value is -2.84. The van der Waals surface area contributed by atoms with Crippen LogP contribution in [0.5, 0.6) is 0 Å². The van der Waals surface area contributed by atoms with E-state index < -0.39 is 0 Å². The van der Waals surface area contributed by atoms with Gasteiger partial charge in [0, 0.05) is 21.0 Å². The molecular weight excluding hydrogens is 505 g/mol. The fraction of sp³-hybridized carbons (Fsp3) is 0.0800. The maximum absolute atomic E-state index is 8.77. The number of hydrogen-bond donors (Lipinski definition) is 1. The quantitative estimate of drug-likeness (QED) is 0.301. The number of benzene rings is 3. The van der Waals surface area contributed by atoms with Crippen molar-refractivity contribution >= 4 is 68.1 Å². The van der Waals surface area contributed by atoms with Crippen molar-refractivity contribution in [2.24, 2.45) is 5.10 Å². The van der Waals surface area contributed by atoms with E-state index in [1.165, 1.54) is 23.1 Å². The maximum Gasteiger partial charge on any atom is 0.197 e. The predicted molar refractivity (Wildman–Crippen MR) is 145 cm³/mol. The molecule has 2 atom stereocenters. The number of amidine groups is 2. The normalized spacial score (nSPS) is 19.5. The molecule has 0 saturated carbocycles. The van der Waals surface area contributed by atoms with Gasteiger partial charge in [0.1, 0.15) is 0 Å². The summed E-state index contributed by atoms with van der Waals surface area (Å²) in [4.78, 5) is 6.69. The lowest BCUT2D eigenvalue weighted by Gasteiger charge is -2.27. The minimum atomic E-state index is -0.142. The summed E-state index contributed by atoms with van der Waals surface area (Å²) >= 11 is 15.7. The number of aromatic nitrogens is 1. The third kappa shape index (κ3) is 3.69. The van der Waals surface area contributed by atoms with Crippen LogP contribution in [0.25, 0.3) is 11.3 Å². The highest BCUT2D eigenvalue weighted by atomic mass is 35.5. The number of para-hydroxylation sites is 1. The summed E-state index contributed by atoms with van der Waals surface area (Å²) < 4.78 is 0. The van der Waals surface area contributed by atoms with Gasteiger partial charge in [-0.05, 0) is 35.9 Å². The average molecular weight is 522 g/mol. The van der Waals surface area contributed by atoms with Gasteiger partial charge in [-0.2, -0.15) is 5.10 Å². The van der Waals surface area contributed by atoms with Crippen LogP contribution in [0.1, 0.15) is 11.6 Å². The molecule has 0 radical (unpaired) electrons. The number of hydrogen-bond acceptors (Lipinski definition) is 6. The Morgan fingerprint density at radius 1 is 0.882 bits per heavy atom. The van der Waals surface area contributed by atoms with Gasteiger partial charge in [-0.1, -0.05) is 83.5 Å². The highest BCUT2D eigenvalue weighted by Crippen LogP contribution is 2.49. The van der Waals surface area contributed by atoms with Gasteiger partial charge in [-0.3, -0.25) is 10.4 Å². The lowest BCUT2D eigenvalue weighted by molar-refractivity contribution is 0.719. The van der Waals surface area contributed by atoms with Gasteiger partial charge in [0.05, 0.1) is 22.7 Å². The first-order valence-electron chi connectivity index (χ1n) is 10.5. The van der Waals surface area contributed by atoms with Crippen LogP contribution in [0, 0.1) is 5.41 Å². The van der Waals surface area contributed by atoms with Crippen molar-refractivity contribution in [3.63, 3.8) is 0 Å². The molecule has 3 heterocycles. The van der Waals surface area contributed by atoms with E-state index in [1.807, 2.05) is 94.2 Å². The van der Waals surface area contributed by atoms with Gasteiger partial charge in [0.15, 0.2) is 16.1 Å². The first-order chi connectivity index (χ1) is 16.6. The van der Waals surface area contributed by atoms with Crippen LogP contribution in [0.3, 0.4) is 0 Å². The molecule has 2 unspecified atom stereocenters. The van der Waals surface area contributed by atoms with Crippen LogP contribution >= 0.6 is 46.3 Å². The molecular formula is C25H17Cl2N5S2. The topological polar surface area (TPSA) is 55.6 Å². The Morgan fingerprint density at radius 3 is 2.38 bits per heavy atom. The summed E-state index contributed by atoms with van der Waals surface area (Å²) in [6.45, 7) is 0. The van der Waals surface area contributed by atoms with E-state index in [2.05, 4.69) is 0 Å². The first-order valence-corrected chi connectivity index (χ1v) is 13.1. The minimum Gasteiger partial charge on any atom is -0.278 e. The lowest BCUT2D eigenvalue weighted by atomic mass is 10.0. The number of hydrazone groups is 1. The molecule has 9 heteroatoms. The number of nitrogens with zero attached hydrogens (tertiary/aromatic N) is 4. The Bertz CT molecular complexity index is 1400. The van der Waals surface area contributed by atoms with Crippen LogP contribution in [0.4, 0.5) is 10.8 Å². The molecule has 3 aromatic carbocycles. The standard InChI is InChI=1S/C25H17Cl2N5S2/c26-16-12-10-15(11-13-16)20-14-33-25(29-20)31-23-22(34-24(31)28)21(18-8-4-5-9-19(18)27)32(30-23)17-6-2-1-3-7-17/h1-14,21-22,28H. The van der Waals surface area contributed by atoms with Crippen LogP contribution in [0.15, 0.2) is 89.3 Å². The zero-order valence-corrected chi connectivity index (χ0v) is 20.7. The molecule has 1 N–H and O–H groups in total. The number of thiazole rings is 1. The number of fused-ring (bicyclic) bond motifs is 1. The van der Waals surface area contributed by atoms with Crippen LogP contribution < -0.4 is 9.91 Å². The van der Waals surface area contributed by atoms with Crippen molar-refractivity contribution < 1.29 is 0 Å². The molecule has 168 valence electrons. The molecule has 2 aliphatic rings. The van der Waals surface area contributed by atoms with E-state index in [9.17, 15) is 0 Å². The number of nitrogens with one attached hydrogen (secondary N) is 1. The van der Waals surface area contributed by atoms with E-state index in [-0.39, 0.29) is 11.3 Å². The van der Waals surface area contributed by atoms with Gasteiger partial charge < -0.3 is 0 Å².